The Morgan fingerprint density at radius 2 is 1.92 bits per heavy atom. The monoisotopic (exact) mass is 400 g/mol. The number of nitrogens with zero attached hydrogens (tertiary/aromatic N) is 1. The summed E-state index contributed by atoms with van der Waals surface area (Å²) in [6, 6.07) is 9.19. The van der Waals surface area contributed by atoms with E-state index in [-0.39, 0.29) is 17.9 Å². The number of nitriles is 1. The fourth-order valence-corrected chi connectivity index (χ4v) is 2.76. The molecule has 25 heavy (non-hydrogen) atoms. The van der Waals surface area contributed by atoms with E-state index in [9.17, 15) is 14.9 Å². The summed E-state index contributed by atoms with van der Waals surface area (Å²) >= 11 is 3.34. The first-order valence-corrected chi connectivity index (χ1v) is 8.46. The summed E-state index contributed by atoms with van der Waals surface area (Å²) in [6.07, 6.45) is 1.52. The van der Waals surface area contributed by atoms with Crippen LogP contribution in [0.1, 0.15) is 44.6 Å². The average Bonchev–Trinajstić information content (AvgIpc) is 2.88. The highest BCUT2D eigenvalue weighted by Gasteiger charge is 2.24. The number of benzene rings is 1. The first kappa shape index (κ1) is 18.7. The van der Waals surface area contributed by atoms with Crippen LogP contribution in [0.3, 0.4) is 0 Å². The molecule has 0 unspecified atom stereocenters. The second-order valence-electron chi connectivity index (χ2n) is 5.40. The van der Waals surface area contributed by atoms with E-state index < -0.39 is 11.8 Å². The second kappa shape index (κ2) is 7.95. The minimum atomic E-state index is -0.483. The molecule has 0 aliphatic carbocycles. The van der Waals surface area contributed by atoms with Crippen molar-refractivity contribution in [2.75, 3.05) is 6.61 Å². The quantitative estimate of drug-likeness (QED) is 0.349. The van der Waals surface area contributed by atoms with Gasteiger partial charge in [-0.15, -0.1) is 0 Å². The molecule has 2 rings (SSSR count). The highest BCUT2D eigenvalue weighted by Crippen LogP contribution is 2.22. The van der Waals surface area contributed by atoms with Gasteiger partial charge in [-0.3, -0.25) is 4.79 Å². The molecular weight excluding hydrogens is 384 g/mol. The number of Topliss-reactive ketones (excluding diaryl/α,β-unsaturated/α-hetero) is 1. The number of H-pyrrole nitrogens is 1. The fourth-order valence-electron chi connectivity index (χ4n) is 2.50. The number of nitrogens with one attached hydrogen (secondary N) is 1. The van der Waals surface area contributed by atoms with Crippen LogP contribution in [0.25, 0.3) is 6.08 Å². The lowest BCUT2D eigenvalue weighted by Gasteiger charge is -2.03. The molecule has 2 aromatic rings. The number of hydrogen-bond acceptors (Lipinski definition) is 4. The number of carbonyl (C=O) groups is 2. The molecule has 5 nitrogen and oxygen atoms in total. The molecule has 0 saturated heterocycles. The number of carbonyl (C=O) groups excluding carboxylic acids is 2. The molecule has 0 spiro atoms. The van der Waals surface area contributed by atoms with E-state index in [1.54, 1.807) is 32.9 Å². The van der Waals surface area contributed by atoms with E-state index in [0.717, 1.165) is 10.0 Å². The molecule has 1 heterocycles. The van der Waals surface area contributed by atoms with Gasteiger partial charge >= 0.3 is 5.97 Å². The van der Waals surface area contributed by atoms with Gasteiger partial charge in [0.1, 0.15) is 11.6 Å². The molecule has 0 bridgehead atoms. The Morgan fingerprint density at radius 3 is 2.48 bits per heavy atom. The first-order chi connectivity index (χ1) is 11.9. The smallest absolute Gasteiger partial charge is 0.340 e. The number of rotatable bonds is 5. The van der Waals surface area contributed by atoms with Gasteiger partial charge in [0.05, 0.1) is 17.9 Å². The molecule has 0 aliphatic rings. The molecule has 0 atom stereocenters. The van der Waals surface area contributed by atoms with Crippen molar-refractivity contribution in [2.24, 2.45) is 0 Å². The van der Waals surface area contributed by atoms with E-state index in [0.29, 0.717) is 16.8 Å². The molecule has 128 valence electrons. The van der Waals surface area contributed by atoms with Crippen molar-refractivity contribution in [3.8, 4) is 6.07 Å². The molecule has 0 amide bonds. The number of ether oxygens (including phenoxy) is 1. The van der Waals surface area contributed by atoms with Crippen molar-refractivity contribution >= 4 is 33.8 Å². The Hall–Kier alpha value is -2.65. The molecule has 6 heteroatoms. The second-order valence-corrected chi connectivity index (χ2v) is 6.31. The molecule has 0 fully saturated rings. The molecule has 1 N–H and O–H groups in total. The van der Waals surface area contributed by atoms with Gasteiger partial charge in [-0.2, -0.15) is 5.26 Å². The molecule has 1 aromatic carbocycles. The van der Waals surface area contributed by atoms with Gasteiger partial charge in [0.2, 0.25) is 5.78 Å². The number of aromatic nitrogens is 1. The number of aromatic amines is 1. The van der Waals surface area contributed by atoms with Crippen LogP contribution in [0, 0.1) is 25.2 Å². The van der Waals surface area contributed by atoms with Crippen molar-refractivity contribution in [3.05, 3.63) is 62.4 Å². The summed E-state index contributed by atoms with van der Waals surface area (Å²) in [4.78, 5) is 27.7. The van der Waals surface area contributed by atoms with Gasteiger partial charge in [-0.05, 0) is 50.1 Å². The summed E-state index contributed by atoms with van der Waals surface area (Å²) in [7, 11) is 0. The van der Waals surface area contributed by atoms with Crippen LogP contribution >= 0.6 is 15.9 Å². The summed E-state index contributed by atoms with van der Waals surface area (Å²) < 4.78 is 5.93. The Balaban J connectivity index is 2.42. The highest BCUT2D eigenvalue weighted by molar-refractivity contribution is 9.10. The van der Waals surface area contributed by atoms with Crippen LogP contribution in [-0.4, -0.2) is 23.3 Å². The zero-order chi connectivity index (χ0) is 18.6. The van der Waals surface area contributed by atoms with E-state index in [4.69, 9.17) is 4.74 Å². The maximum Gasteiger partial charge on any atom is 0.340 e. The van der Waals surface area contributed by atoms with E-state index in [1.807, 2.05) is 18.2 Å². The third-order valence-corrected chi connectivity index (χ3v) is 4.22. The van der Waals surface area contributed by atoms with Gasteiger partial charge in [-0.1, -0.05) is 28.1 Å². The normalized spacial score (nSPS) is 11.1. The molecule has 0 saturated carbocycles. The lowest BCUT2D eigenvalue weighted by atomic mass is 10.0. The van der Waals surface area contributed by atoms with Gasteiger partial charge < -0.3 is 9.72 Å². The summed E-state index contributed by atoms with van der Waals surface area (Å²) in [5, 5.41) is 9.38. The minimum Gasteiger partial charge on any atom is -0.462 e. The van der Waals surface area contributed by atoms with Crippen molar-refractivity contribution < 1.29 is 14.3 Å². The number of esters is 1. The standard InChI is InChI=1S/C19H17BrN2O3/c1-4-25-19(24)16-11(2)17(22-12(16)3)18(23)14(10-21)9-13-5-7-15(20)8-6-13/h5-9,22H,4H2,1-3H3/b14-9-. The van der Waals surface area contributed by atoms with Gasteiger partial charge in [-0.25, -0.2) is 4.79 Å². The highest BCUT2D eigenvalue weighted by atomic mass is 79.9. The van der Waals surface area contributed by atoms with Crippen LogP contribution in [0.4, 0.5) is 0 Å². The summed E-state index contributed by atoms with van der Waals surface area (Å²) in [5.41, 5.74) is 2.32. The zero-order valence-electron chi connectivity index (χ0n) is 14.1. The SMILES string of the molecule is CCOC(=O)c1c(C)[nH]c(C(=O)/C(C#N)=C\c2ccc(Br)cc2)c1C. The minimum absolute atomic E-state index is 0.0120. The number of allylic oxidation sites excluding steroid dienone is 1. The van der Waals surface area contributed by atoms with Crippen LogP contribution in [0.2, 0.25) is 0 Å². The van der Waals surface area contributed by atoms with Crippen molar-refractivity contribution in [3.63, 3.8) is 0 Å². The van der Waals surface area contributed by atoms with Gasteiger partial charge in [0, 0.05) is 10.2 Å². The number of halogens is 1. The van der Waals surface area contributed by atoms with Crippen molar-refractivity contribution in [1.82, 2.24) is 4.98 Å². The molecule has 0 radical (unpaired) electrons. The Morgan fingerprint density at radius 1 is 1.28 bits per heavy atom. The van der Waals surface area contributed by atoms with Crippen LogP contribution in [-0.2, 0) is 4.74 Å². The summed E-state index contributed by atoms with van der Waals surface area (Å²) in [6.45, 7) is 5.33. The van der Waals surface area contributed by atoms with E-state index in [2.05, 4.69) is 20.9 Å². The summed E-state index contributed by atoms with van der Waals surface area (Å²) in [5.74, 6) is -0.940. The first-order valence-electron chi connectivity index (χ1n) is 7.67. The number of ketones is 1. The zero-order valence-corrected chi connectivity index (χ0v) is 15.7. The lowest BCUT2D eigenvalue weighted by molar-refractivity contribution is 0.0525. The third-order valence-electron chi connectivity index (χ3n) is 3.69. The third kappa shape index (κ3) is 4.06. The maximum absolute atomic E-state index is 12.7. The Labute approximate surface area is 154 Å². The lowest BCUT2D eigenvalue weighted by Crippen LogP contribution is -2.08. The van der Waals surface area contributed by atoms with Crippen LogP contribution < -0.4 is 0 Å². The van der Waals surface area contributed by atoms with Crippen LogP contribution in [0.5, 0.6) is 0 Å². The average molecular weight is 401 g/mol. The molecule has 1 aromatic heterocycles. The Bertz CT molecular complexity index is 887. The Kier molecular flexibility index (Phi) is 5.94. The van der Waals surface area contributed by atoms with Crippen molar-refractivity contribution in [1.29, 1.82) is 5.26 Å². The largest absolute Gasteiger partial charge is 0.462 e. The van der Waals surface area contributed by atoms with Crippen LogP contribution in [0.15, 0.2) is 34.3 Å². The number of hydrogen-bond donors (Lipinski definition) is 1. The predicted octanol–water partition coefficient (Wildman–Crippen LogP) is 4.36. The maximum atomic E-state index is 12.7. The topological polar surface area (TPSA) is 83.0 Å². The van der Waals surface area contributed by atoms with E-state index >= 15 is 0 Å². The molecule has 0 aliphatic heterocycles. The van der Waals surface area contributed by atoms with Gasteiger partial charge in [0.15, 0.2) is 0 Å². The predicted molar refractivity (Wildman–Crippen MR) is 98.3 cm³/mol. The fraction of sp³-hybridized carbons (Fsp3) is 0.211. The molecular formula is C19H17BrN2O3. The number of aryl methyl sites for hydroxylation is 1. The van der Waals surface area contributed by atoms with E-state index in [1.165, 1.54) is 6.08 Å². The van der Waals surface area contributed by atoms with Gasteiger partial charge in [0.25, 0.3) is 0 Å². The van der Waals surface area contributed by atoms with Crippen molar-refractivity contribution in [2.45, 2.75) is 20.8 Å².